The van der Waals surface area contributed by atoms with Crippen LogP contribution in [-0.4, -0.2) is 16.5 Å². The fourth-order valence-electron chi connectivity index (χ4n) is 6.14. The molecule has 0 aromatic carbocycles. The van der Waals surface area contributed by atoms with Crippen LogP contribution in [0.25, 0.3) is 0 Å². The summed E-state index contributed by atoms with van der Waals surface area (Å²) in [5.41, 5.74) is 4.67. The minimum absolute atomic E-state index is 0.430. The first-order valence-electron chi connectivity index (χ1n) is 8.36. The fourth-order valence-corrected chi connectivity index (χ4v) is 6.14. The van der Waals surface area contributed by atoms with E-state index in [-0.39, 0.29) is 0 Å². The number of nitrogens with zero attached hydrogens (tertiary/aromatic N) is 2. The predicted octanol–water partition coefficient (Wildman–Crippen LogP) is 2.59. The van der Waals surface area contributed by atoms with Gasteiger partial charge in [0.1, 0.15) is 6.33 Å². The zero-order valence-electron chi connectivity index (χ0n) is 12.1. The van der Waals surface area contributed by atoms with E-state index >= 15 is 0 Å². The molecule has 4 fully saturated rings. The number of nitrogens with one attached hydrogen (secondary N) is 1. The molecule has 1 aromatic rings. The van der Waals surface area contributed by atoms with Crippen LogP contribution in [0.5, 0.6) is 0 Å². The van der Waals surface area contributed by atoms with Crippen LogP contribution in [0.3, 0.4) is 0 Å². The molecule has 6 rings (SSSR count). The van der Waals surface area contributed by atoms with Gasteiger partial charge < -0.3 is 5.32 Å². The van der Waals surface area contributed by atoms with Crippen LogP contribution in [0.4, 0.5) is 0 Å². The molecule has 4 aliphatic carbocycles. The number of hydrogen-bond donors (Lipinski definition) is 1. The normalized spacial score (nSPS) is 41.7. The average Bonchev–Trinajstić information content (AvgIpc) is 2.45. The second-order valence-corrected chi connectivity index (χ2v) is 7.77. The fraction of sp³-hybridized carbons (Fsp3) is 0.765. The SMILES string of the molecule is c1nc2c(c(C34CC5CC(CC(C5)C3)C4)n1)CCNC2. The Morgan fingerprint density at radius 3 is 2.40 bits per heavy atom. The van der Waals surface area contributed by atoms with Gasteiger partial charge >= 0.3 is 0 Å². The second kappa shape index (κ2) is 4.03. The lowest BCUT2D eigenvalue weighted by Gasteiger charge is -2.57. The lowest BCUT2D eigenvalue weighted by atomic mass is 9.48. The Kier molecular flexibility index (Phi) is 2.35. The van der Waals surface area contributed by atoms with Crippen molar-refractivity contribution in [2.45, 2.75) is 56.9 Å². The van der Waals surface area contributed by atoms with Crippen molar-refractivity contribution in [1.29, 1.82) is 0 Å². The third-order valence-corrected chi connectivity index (χ3v) is 6.42. The van der Waals surface area contributed by atoms with Gasteiger partial charge in [-0.15, -0.1) is 0 Å². The molecule has 0 unspecified atom stereocenters. The van der Waals surface area contributed by atoms with Gasteiger partial charge in [-0.25, -0.2) is 9.97 Å². The first-order chi connectivity index (χ1) is 9.82. The van der Waals surface area contributed by atoms with Gasteiger partial charge in [0.25, 0.3) is 0 Å². The predicted molar refractivity (Wildman–Crippen MR) is 77.3 cm³/mol. The molecule has 4 saturated carbocycles. The molecule has 4 bridgehead atoms. The highest BCUT2D eigenvalue weighted by Gasteiger charge is 2.53. The van der Waals surface area contributed by atoms with E-state index in [0.717, 1.165) is 37.3 Å². The Morgan fingerprint density at radius 2 is 1.70 bits per heavy atom. The average molecular weight is 269 g/mol. The summed E-state index contributed by atoms with van der Waals surface area (Å²) in [4.78, 5) is 9.38. The molecular formula is C17H23N3. The van der Waals surface area contributed by atoms with Gasteiger partial charge in [-0.3, -0.25) is 0 Å². The van der Waals surface area contributed by atoms with Crippen LogP contribution < -0.4 is 5.32 Å². The van der Waals surface area contributed by atoms with Gasteiger partial charge in [0.15, 0.2) is 0 Å². The van der Waals surface area contributed by atoms with Gasteiger partial charge in [-0.1, -0.05) is 0 Å². The van der Waals surface area contributed by atoms with Crippen LogP contribution in [0.1, 0.15) is 55.5 Å². The largest absolute Gasteiger partial charge is 0.311 e. The minimum atomic E-state index is 0.430. The summed E-state index contributed by atoms with van der Waals surface area (Å²) in [7, 11) is 0. The summed E-state index contributed by atoms with van der Waals surface area (Å²) in [6.07, 6.45) is 11.7. The number of fused-ring (bicyclic) bond motifs is 1. The number of hydrogen-bond acceptors (Lipinski definition) is 3. The van der Waals surface area contributed by atoms with Gasteiger partial charge in [-0.05, 0) is 74.8 Å². The Balaban J connectivity index is 1.63. The van der Waals surface area contributed by atoms with Crippen molar-refractivity contribution < 1.29 is 0 Å². The summed E-state index contributed by atoms with van der Waals surface area (Å²) in [6, 6.07) is 0. The van der Waals surface area contributed by atoms with Crippen molar-refractivity contribution in [3.63, 3.8) is 0 Å². The molecule has 106 valence electrons. The van der Waals surface area contributed by atoms with Crippen LogP contribution in [0.2, 0.25) is 0 Å². The van der Waals surface area contributed by atoms with Crippen molar-refractivity contribution in [1.82, 2.24) is 15.3 Å². The van der Waals surface area contributed by atoms with E-state index in [4.69, 9.17) is 4.98 Å². The van der Waals surface area contributed by atoms with E-state index in [1.54, 1.807) is 0 Å². The number of rotatable bonds is 1. The van der Waals surface area contributed by atoms with E-state index in [2.05, 4.69) is 10.3 Å². The monoisotopic (exact) mass is 269 g/mol. The molecule has 2 heterocycles. The van der Waals surface area contributed by atoms with Crippen molar-refractivity contribution in [3.8, 4) is 0 Å². The molecule has 1 aromatic heterocycles. The molecule has 3 nitrogen and oxygen atoms in total. The molecule has 20 heavy (non-hydrogen) atoms. The van der Waals surface area contributed by atoms with Crippen molar-refractivity contribution in [2.24, 2.45) is 17.8 Å². The molecule has 0 atom stereocenters. The maximum Gasteiger partial charge on any atom is 0.116 e. The summed E-state index contributed by atoms with van der Waals surface area (Å²) in [5, 5.41) is 3.45. The third-order valence-electron chi connectivity index (χ3n) is 6.42. The summed E-state index contributed by atoms with van der Waals surface area (Å²) >= 11 is 0. The molecule has 0 amide bonds. The Morgan fingerprint density at radius 1 is 1.00 bits per heavy atom. The standard InChI is InChI=1S/C17H23N3/c1-2-18-9-15-14(1)16(20-10-19-15)17-6-11-3-12(7-17)5-13(4-11)8-17/h10-13,18H,1-9H2. The highest BCUT2D eigenvalue weighted by atomic mass is 14.9. The topological polar surface area (TPSA) is 37.8 Å². The Hall–Kier alpha value is -0.960. The lowest BCUT2D eigenvalue weighted by Crippen LogP contribution is -2.49. The van der Waals surface area contributed by atoms with Crippen LogP contribution in [0, 0.1) is 17.8 Å². The molecule has 3 heteroatoms. The first kappa shape index (κ1) is 11.7. The first-order valence-corrected chi connectivity index (χ1v) is 8.36. The zero-order chi connectivity index (χ0) is 13.2. The molecule has 1 N–H and O–H groups in total. The van der Waals surface area contributed by atoms with Crippen molar-refractivity contribution in [2.75, 3.05) is 6.54 Å². The van der Waals surface area contributed by atoms with Crippen LogP contribution in [0.15, 0.2) is 6.33 Å². The molecule has 5 aliphatic rings. The quantitative estimate of drug-likeness (QED) is 0.851. The maximum atomic E-state index is 4.84. The summed E-state index contributed by atoms with van der Waals surface area (Å²) in [6.45, 7) is 2.04. The second-order valence-electron chi connectivity index (χ2n) is 7.77. The lowest BCUT2D eigenvalue weighted by molar-refractivity contribution is -0.00781. The smallest absolute Gasteiger partial charge is 0.116 e. The Bertz CT molecular complexity index is 516. The van der Waals surface area contributed by atoms with E-state index in [1.807, 2.05) is 6.33 Å². The zero-order valence-corrected chi connectivity index (χ0v) is 12.1. The maximum absolute atomic E-state index is 4.84. The summed E-state index contributed by atoms with van der Waals surface area (Å²) < 4.78 is 0. The van der Waals surface area contributed by atoms with E-state index in [1.165, 1.54) is 55.5 Å². The number of aromatic nitrogens is 2. The molecule has 0 radical (unpaired) electrons. The van der Waals surface area contributed by atoms with Crippen molar-refractivity contribution >= 4 is 0 Å². The van der Waals surface area contributed by atoms with Crippen molar-refractivity contribution in [3.05, 3.63) is 23.3 Å². The Labute approximate surface area is 120 Å². The van der Waals surface area contributed by atoms with Gasteiger partial charge in [0.05, 0.1) is 11.4 Å². The van der Waals surface area contributed by atoms with Crippen LogP contribution >= 0.6 is 0 Å². The summed E-state index contributed by atoms with van der Waals surface area (Å²) in [5.74, 6) is 2.98. The van der Waals surface area contributed by atoms with E-state index < -0.39 is 0 Å². The highest BCUT2D eigenvalue weighted by Crippen LogP contribution is 2.60. The highest BCUT2D eigenvalue weighted by molar-refractivity contribution is 5.35. The molecule has 0 spiro atoms. The molecule has 1 aliphatic heterocycles. The molecular weight excluding hydrogens is 246 g/mol. The van der Waals surface area contributed by atoms with Gasteiger partial charge in [0.2, 0.25) is 0 Å². The third kappa shape index (κ3) is 1.56. The molecule has 0 saturated heterocycles. The van der Waals surface area contributed by atoms with Crippen LogP contribution in [-0.2, 0) is 18.4 Å². The van der Waals surface area contributed by atoms with Gasteiger partial charge in [-0.2, -0.15) is 0 Å². The minimum Gasteiger partial charge on any atom is -0.311 e. The van der Waals surface area contributed by atoms with Gasteiger partial charge in [0, 0.05) is 12.0 Å². The van der Waals surface area contributed by atoms with E-state index in [0.29, 0.717) is 5.41 Å². The van der Waals surface area contributed by atoms with E-state index in [9.17, 15) is 0 Å².